The number of allylic oxidation sites excluding steroid dienone is 2. The maximum absolute atomic E-state index is 10.2. The minimum absolute atomic E-state index is 0. The molecule has 0 aromatic rings. The lowest BCUT2D eigenvalue weighted by molar-refractivity contribution is -0.305. The number of carbonyl (C=O) groups excluding carboxylic acids is 1. The first-order valence-electron chi connectivity index (χ1n) is 8.62. The monoisotopic (exact) mass is 360 g/mol. The van der Waals surface area contributed by atoms with Crippen LogP contribution in [0.5, 0.6) is 0 Å². The standard InChI is InChI=1S/C18H34O2.Br/c1-2-3-4-5-6-7-8-9-10-11-12-13-14-15-16-17-18(19)20;/h9-10H,2-8,11-17H2,1H3,(H,19,20);/q;+1/p-1/b10-9-;. The van der Waals surface area contributed by atoms with Crippen LogP contribution in [-0.4, -0.2) is 5.97 Å². The zero-order chi connectivity index (χ0) is 14.9. The zero-order valence-corrected chi connectivity index (χ0v) is 15.3. The van der Waals surface area contributed by atoms with Crippen LogP contribution in [0.2, 0.25) is 0 Å². The number of halogens is 1. The summed E-state index contributed by atoms with van der Waals surface area (Å²) in [4.78, 5) is 10.2. The third-order valence-corrected chi connectivity index (χ3v) is 3.64. The SMILES string of the molecule is CCCCCCCC/C=C\CCCCCCCC(=O)[O-].[Br+]. The van der Waals surface area contributed by atoms with Gasteiger partial charge in [0.05, 0.1) is 0 Å². The highest BCUT2D eigenvalue weighted by Gasteiger charge is 1.91. The molecule has 0 spiro atoms. The van der Waals surface area contributed by atoms with Crippen molar-refractivity contribution >= 4 is 5.97 Å². The Morgan fingerprint density at radius 2 is 1.19 bits per heavy atom. The fourth-order valence-corrected chi connectivity index (χ4v) is 2.34. The first-order valence-corrected chi connectivity index (χ1v) is 8.62. The Morgan fingerprint density at radius 1 is 0.762 bits per heavy atom. The average molecular weight is 361 g/mol. The molecule has 0 fully saturated rings. The van der Waals surface area contributed by atoms with Gasteiger partial charge < -0.3 is 9.90 Å². The van der Waals surface area contributed by atoms with Gasteiger partial charge in [0.1, 0.15) is 0 Å². The van der Waals surface area contributed by atoms with Crippen LogP contribution in [0.3, 0.4) is 0 Å². The quantitative estimate of drug-likeness (QED) is 0.311. The van der Waals surface area contributed by atoms with Crippen LogP contribution in [0.25, 0.3) is 0 Å². The summed E-state index contributed by atoms with van der Waals surface area (Å²) in [7, 11) is 0. The van der Waals surface area contributed by atoms with Crippen molar-refractivity contribution in [2.45, 2.75) is 96.8 Å². The molecule has 0 aromatic carbocycles. The topological polar surface area (TPSA) is 40.1 Å². The van der Waals surface area contributed by atoms with Gasteiger partial charge in [0.25, 0.3) is 0 Å². The second kappa shape index (κ2) is 19.7. The summed E-state index contributed by atoms with van der Waals surface area (Å²) in [5, 5.41) is 10.2. The highest BCUT2D eigenvalue weighted by molar-refractivity contribution is 5.63. The molecule has 3 heteroatoms. The van der Waals surface area contributed by atoms with E-state index in [4.69, 9.17) is 0 Å². The molecule has 0 unspecified atom stereocenters. The van der Waals surface area contributed by atoms with Gasteiger partial charge in [-0.3, -0.25) is 0 Å². The van der Waals surface area contributed by atoms with E-state index < -0.39 is 5.97 Å². The second-order valence-electron chi connectivity index (χ2n) is 5.71. The van der Waals surface area contributed by atoms with Gasteiger partial charge in [-0.05, 0) is 38.5 Å². The first-order chi connectivity index (χ1) is 9.77. The maximum Gasteiger partial charge on any atom is 1.00 e. The van der Waals surface area contributed by atoms with Crippen molar-refractivity contribution < 1.29 is 26.9 Å². The van der Waals surface area contributed by atoms with Crippen LogP contribution in [0, 0.1) is 17.0 Å². The summed E-state index contributed by atoms with van der Waals surface area (Å²) in [5.74, 6) is -0.914. The van der Waals surface area contributed by atoms with Gasteiger partial charge in [0.15, 0.2) is 0 Å². The molecule has 0 saturated heterocycles. The summed E-state index contributed by atoms with van der Waals surface area (Å²) < 4.78 is 0. The summed E-state index contributed by atoms with van der Waals surface area (Å²) in [6.07, 6.45) is 20.9. The minimum Gasteiger partial charge on any atom is -0.550 e. The number of carboxylic acids is 1. The molecule has 0 rings (SSSR count). The first kappa shape index (κ1) is 23.0. The Morgan fingerprint density at radius 3 is 1.67 bits per heavy atom. The Hall–Kier alpha value is -0.310. The lowest BCUT2D eigenvalue weighted by Crippen LogP contribution is -2.21. The maximum atomic E-state index is 10.2. The molecule has 0 aliphatic rings. The van der Waals surface area contributed by atoms with E-state index >= 15 is 0 Å². The number of carbonyl (C=O) groups is 1. The van der Waals surface area contributed by atoms with Crippen molar-refractivity contribution in [3.63, 3.8) is 0 Å². The molecule has 21 heavy (non-hydrogen) atoms. The fourth-order valence-electron chi connectivity index (χ4n) is 2.34. The molecule has 0 aliphatic heterocycles. The van der Waals surface area contributed by atoms with Crippen molar-refractivity contribution in [2.75, 3.05) is 0 Å². The molecule has 2 radical (unpaired) electrons. The molecule has 0 N–H and O–H groups in total. The van der Waals surface area contributed by atoms with E-state index in [0.29, 0.717) is 0 Å². The highest BCUT2D eigenvalue weighted by atomic mass is 79.9. The summed E-state index contributed by atoms with van der Waals surface area (Å²) >= 11 is 0. The van der Waals surface area contributed by atoms with Gasteiger partial charge in [-0.1, -0.05) is 70.4 Å². The molecule has 0 aromatic heterocycles. The van der Waals surface area contributed by atoms with Gasteiger partial charge in [-0.15, -0.1) is 0 Å². The predicted molar refractivity (Wildman–Crippen MR) is 84.5 cm³/mol. The van der Waals surface area contributed by atoms with Crippen molar-refractivity contribution in [2.24, 2.45) is 0 Å². The average Bonchev–Trinajstić information content (AvgIpc) is 2.43. The van der Waals surface area contributed by atoms with Gasteiger partial charge in [-0.25, -0.2) is 0 Å². The van der Waals surface area contributed by atoms with Crippen LogP contribution in [-0.2, 0) is 4.79 Å². The number of carboxylic acid groups (broad SMARTS) is 1. The number of unbranched alkanes of at least 4 members (excludes halogenated alkanes) is 11. The van der Waals surface area contributed by atoms with Gasteiger partial charge in [0, 0.05) is 5.97 Å². The van der Waals surface area contributed by atoms with Gasteiger partial charge in [-0.2, -0.15) is 0 Å². The number of aliphatic carboxylic acids is 1. The minimum atomic E-state index is -0.914. The van der Waals surface area contributed by atoms with Gasteiger partial charge in [0.2, 0.25) is 0 Å². The normalized spacial score (nSPS) is 10.7. The van der Waals surface area contributed by atoms with Crippen LogP contribution >= 0.6 is 0 Å². The molecular formula is C18H33BrO2. The van der Waals surface area contributed by atoms with Crippen molar-refractivity contribution in [1.29, 1.82) is 0 Å². The molecule has 2 nitrogen and oxygen atoms in total. The molecule has 124 valence electrons. The lowest BCUT2D eigenvalue weighted by atomic mass is 10.1. The van der Waals surface area contributed by atoms with E-state index in [1.54, 1.807) is 0 Å². The number of hydrogen-bond donors (Lipinski definition) is 0. The summed E-state index contributed by atoms with van der Waals surface area (Å²) in [6.45, 7) is 2.26. The van der Waals surface area contributed by atoms with Crippen molar-refractivity contribution in [3.05, 3.63) is 12.2 Å². The molecule has 0 heterocycles. The molecule has 0 aliphatic carbocycles. The Balaban J connectivity index is 0. The van der Waals surface area contributed by atoms with E-state index in [1.165, 1.54) is 64.2 Å². The van der Waals surface area contributed by atoms with Crippen molar-refractivity contribution in [3.8, 4) is 0 Å². The molecule has 0 amide bonds. The fraction of sp³-hybridized carbons (Fsp3) is 0.833. The Bertz CT molecular complexity index is 239. The highest BCUT2D eigenvalue weighted by Crippen LogP contribution is 2.09. The third-order valence-electron chi connectivity index (χ3n) is 3.64. The van der Waals surface area contributed by atoms with E-state index in [1.807, 2.05) is 0 Å². The van der Waals surface area contributed by atoms with Crippen molar-refractivity contribution in [1.82, 2.24) is 0 Å². The van der Waals surface area contributed by atoms with E-state index in [2.05, 4.69) is 19.1 Å². The largest absolute Gasteiger partial charge is 1.00 e. The molecule has 0 saturated carbocycles. The Labute approximate surface area is 142 Å². The number of rotatable bonds is 15. The predicted octanol–water partition coefficient (Wildman–Crippen LogP) is 4.77. The Kier molecular flexibility index (Phi) is 21.5. The van der Waals surface area contributed by atoms with Crippen LogP contribution < -0.4 is 5.11 Å². The van der Waals surface area contributed by atoms with Gasteiger partial charge >= 0.3 is 17.0 Å². The van der Waals surface area contributed by atoms with Crippen LogP contribution in [0.4, 0.5) is 0 Å². The zero-order valence-electron chi connectivity index (χ0n) is 13.7. The second-order valence-corrected chi connectivity index (χ2v) is 5.71. The van der Waals surface area contributed by atoms with Crippen LogP contribution in [0.1, 0.15) is 96.8 Å². The van der Waals surface area contributed by atoms with E-state index in [-0.39, 0.29) is 23.4 Å². The smallest absolute Gasteiger partial charge is 0.550 e. The molecular weight excluding hydrogens is 328 g/mol. The van der Waals surface area contributed by atoms with Crippen LogP contribution in [0.15, 0.2) is 12.2 Å². The lowest BCUT2D eigenvalue weighted by Gasteiger charge is -2.01. The number of hydrogen-bond acceptors (Lipinski definition) is 2. The third kappa shape index (κ3) is 22.1. The molecule has 0 atom stereocenters. The summed E-state index contributed by atoms with van der Waals surface area (Å²) in [6, 6.07) is 0. The van der Waals surface area contributed by atoms with E-state index in [0.717, 1.165) is 19.3 Å². The summed E-state index contributed by atoms with van der Waals surface area (Å²) in [5.41, 5.74) is 0. The van der Waals surface area contributed by atoms with E-state index in [9.17, 15) is 9.90 Å². The molecule has 0 bridgehead atoms.